The molecule has 1 aromatic heterocycles. The summed E-state index contributed by atoms with van der Waals surface area (Å²) in [6, 6.07) is 6.84. The number of rotatable bonds is 7. The Morgan fingerprint density at radius 1 is 1.43 bits per heavy atom. The Kier molecular flexibility index (Phi) is 4.55. The van der Waals surface area contributed by atoms with Crippen molar-refractivity contribution in [1.29, 1.82) is 0 Å². The summed E-state index contributed by atoms with van der Waals surface area (Å²) >= 11 is 3.55. The largest absolute Gasteiger partial charge is 0.484 e. The Morgan fingerprint density at radius 3 is 2.95 bits per heavy atom. The first kappa shape index (κ1) is 14.5. The second kappa shape index (κ2) is 6.58. The van der Waals surface area contributed by atoms with Gasteiger partial charge in [0.2, 0.25) is 11.7 Å². The van der Waals surface area contributed by atoms with Crippen molar-refractivity contribution in [1.82, 2.24) is 15.5 Å². The fourth-order valence-electron chi connectivity index (χ4n) is 1.96. The van der Waals surface area contributed by atoms with Crippen LogP contribution in [0.25, 0.3) is 0 Å². The highest BCUT2D eigenvalue weighted by atomic mass is 79.9. The van der Waals surface area contributed by atoms with Crippen LogP contribution >= 0.6 is 15.9 Å². The Morgan fingerprint density at radius 2 is 2.29 bits per heavy atom. The summed E-state index contributed by atoms with van der Waals surface area (Å²) in [5.41, 5.74) is 1.24. The molecule has 0 bridgehead atoms. The Balaban J connectivity index is 1.56. The summed E-state index contributed by atoms with van der Waals surface area (Å²) in [5, 5.41) is 7.36. The average molecular weight is 352 g/mol. The van der Waals surface area contributed by atoms with Crippen LogP contribution in [0, 0.1) is 0 Å². The summed E-state index contributed by atoms with van der Waals surface area (Å²) in [5.74, 6) is 1.99. The third-order valence-electron chi connectivity index (χ3n) is 3.34. The van der Waals surface area contributed by atoms with Gasteiger partial charge in [-0.3, -0.25) is 0 Å². The van der Waals surface area contributed by atoms with Crippen LogP contribution in [0.2, 0.25) is 0 Å². The molecule has 0 spiro atoms. The summed E-state index contributed by atoms with van der Waals surface area (Å²) in [6.07, 6.45) is 3.33. The maximum absolute atomic E-state index is 5.72. The van der Waals surface area contributed by atoms with Crippen LogP contribution in [-0.4, -0.2) is 16.2 Å². The lowest BCUT2D eigenvalue weighted by Gasteiger charge is -2.09. The van der Waals surface area contributed by atoms with E-state index in [1.807, 2.05) is 13.0 Å². The van der Waals surface area contributed by atoms with Crippen LogP contribution in [-0.2, 0) is 19.6 Å². The topological polar surface area (TPSA) is 60.2 Å². The molecule has 0 aliphatic heterocycles. The molecule has 0 radical (unpaired) electrons. The molecule has 0 unspecified atom stereocenters. The van der Waals surface area contributed by atoms with Crippen LogP contribution in [0.3, 0.4) is 0 Å². The van der Waals surface area contributed by atoms with Gasteiger partial charge in [0, 0.05) is 19.0 Å². The molecule has 5 nitrogen and oxygen atoms in total. The highest BCUT2D eigenvalue weighted by Gasteiger charge is 2.20. The van der Waals surface area contributed by atoms with Crippen LogP contribution < -0.4 is 10.1 Å². The molecular weight excluding hydrogens is 334 g/mol. The van der Waals surface area contributed by atoms with Gasteiger partial charge in [-0.1, -0.05) is 18.1 Å². The Hall–Kier alpha value is -1.40. The first-order valence-corrected chi connectivity index (χ1v) is 8.00. The average Bonchev–Trinajstić information content (AvgIpc) is 3.21. The van der Waals surface area contributed by atoms with E-state index < -0.39 is 0 Å². The number of benzene rings is 1. The predicted octanol–water partition coefficient (Wildman–Crippen LogP) is 3.23. The van der Waals surface area contributed by atoms with Crippen molar-refractivity contribution in [2.45, 2.75) is 45.4 Å². The second-order valence-electron chi connectivity index (χ2n) is 5.17. The van der Waals surface area contributed by atoms with Gasteiger partial charge < -0.3 is 14.6 Å². The van der Waals surface area contributed by atoms with E-state index in [1.54, 1.807) is 0 Å². The smallest absolute Gasteiger partial charge is 0.226 e. The number of aryl methyl sites for hydroxylation is 1. The first-order chi connectivity index (χ1) is 10.2. The van der Waals surface area contributed by atoms with E-state index in [-0.39, 0.29) is 0 Å². The molecule has 1 aromatic carbocycles. The van der Waals surface area contributed by atoms with Gasteiger partial charge in [0.1, 0.15) is 5.75 Å². The zero-order valence-electron chi connectivity index (χ0n) is 11.9. The fourth-order valence-corrected chi connectivity index (χ4v) is 2.50. The number of hydrogen-bond acceptors (Lipinski definition) is 5. The minimum Gasteiger partial charge on any atom is -0.484 e. The fraction of sp³-hybridized carbons (Fsp3) is 0.467. The minimum absolute atomic E-state index is 0.307. The molecule has 3 rings (SSSR count). The van der Waals surface area contributed by atoms with Crippen molar-refractivity contribution >= 4 is 15.9 Å². The molecule has 21 heavy (non-hydrogen) atoms. The standard InChI is InChI=1S/C15H18BrN3O2/c1-2-15-18-14(19-21-15)9-20-13-6-3-10(7-12(13)16)8-17-11-4-5-11/h3,6-7,11,17H,2,4-5,8-9H2,1H3. The third kappa shape index (κ3) is 4.04. The molecule has 6 heteroatoms. The quantitative estimate of drug-likeness (QED) is 0.829. The Bertz CT molecular complexity index is 611. The zero-order valence-corrected chi connectivity index (χ0v) is 13.5. The minimum atomic E-state index is 0.307. The lowest BCUT2D eigenvalue weighted by Crippen LogP contribution is -2.15. The summed E-state index contributed by atoms with van der Waals surface area (Å²) in [4.78, 5) is 4.22. The van der Waals surface area contributed by atoms with Crippen molar-refractivity contribution in [3.63, 3.8) is 0 Å². The van der Waals surface area contributed by atoms with Crippen molar-refractivity contribution in [3.05, 3.63) is 40.0 Å². The van der Waals surface area contributed by atoms with Crippen LogP contribution in [0.4, 0.5) is 0 Å². The van der Waals surface area contributed by atoms with E-state index in [1.165, 1.54) is 18.4 Å². The van der Waals surface area contributed by atoms with E-state index in [0.717, 1.165) is 23.2 Å². The molecule has 0 atom stereocenters. The molecule has 112 valence electrons. The van der Waals surface area contributed by atoms with Gasteiger partial charge in [-0.2, -0.15) is 4.98 Å². The number of hydrogen-bond donors (Lipinski definition) is 1. The van der Waals surface area contributed by atoms with Crippen molar-refractivity contribution in [2.24, 2.45) is 0 Å². The number of aromatic nitrogens is 2. The van der Waals surface area contributed by atoms with Crippen LogP contribution in [0.15, 0.2) is 27.2 Å². The van der Waals surface area contributed by atoms with Crippen LogP contribution in [0.1, 0.15) is 37.0 Å². The lowest BCUT2D eigenvalue weighted by atomic mass is 10.2. The summed E-state index contributed by atoms with van der Waals surface area (Å²) < 4.78 is 11.7. The number of halogens is 1. The van der Waals surface area contributed by atoms with Gasteiger partial charge in [0.25, 0.3) is 0 Å². The van der Waals surface area contributed by atoms with E-state index in [4.69, 9.17) is 9.26 Å². The maximum Gasteiger partial charge on any atom is 0.226 e. The molecular formula is C15H18BrN3O2. The van der Waals surface area contributed by atoms with E-state index >= 15 is 0 Å². The number of ether oxygens (including phenoxy) is 1. The molecule has 1 aliphatic carbocycles. The van der Waals surface area contributed by atoms with Gasteiger partial charge in [0.05, 0.1) is 4.47 Å². The molecule has 0 amide bonds. The van der Waals surface area contributed by atoms with Crippen molar-refractivity contribution < 1.29 is 9.26 Å². The molecule has 1 aliphatic rings. The second-order valence-corrected chi connectivity index (χ2v) is 6.02. The summed E-state index contributed by atoms with van der Waals surface area (Å²) in [7, 11) is 0. The molecule has 1 heterocycles. The van der Waals surface area contributed by atoms with Gasteiger partial charge >= 0.3 is 0 Å². The molecule has 2 aromatic rings. The number of nitrogens with one attached hydrogen (secondary N) is 1. The number of nitrogens with zero attached hydrogens (tertiary/aromatic N) is 2. The van der Waals surface area contributed by atoms with Gasteiger partial charge in [-0.15, -0.1) is 0 Å². The zero-order chi connectivity index (χ0) is 14.7. The molecule has 1 fully saturated rings. The highest BCUT2D eigenvalue weighted by Crippen LogP contribution is 2.27. The van der Waals surface area contributed by atoms with Crippen LogP contribution in [0.5, 0.6) is 5.75 Å². The predicted molar refractivity (Wildman–Crippen MR) is 82.0 cm³/mol. The van der Waals surface area contributed by atoms with Crippen molar-refractivity contribution in [2.75, 3.05) is 0 Å². The monoisotopic (exact) mass is 351 g/mol. The van der Waals surface area contributed by atoms with Crippen molar-refractivity contribution in [3.8, 4) is 5.75 Å². The molecule has 1 saturated carbocycles. The molecule has 0 saturated heterocycles. The van der Waals surface area contributed by atoms with Gasteiger partial charge in [-0.05, 0) is 46.5 Å². The van der Waals surface area contributed by atoms with E-state index in [2.05, 4.69) is 43.5 Å². The normalized spacial score (nSPS) is 14.4. The highest BCUT2D eigenvalue weighted by molar-refractivity contribution is 9.10. The van der Waals surface area contributed by atoms with Gasteiger partial charge in [0.15, 0.2) is 6.61 Å². The van der Waals surface area contributed by atoms with E-state index in [0.29, 0.717) is 24.4 Å². The van der Waals surface area contributed by atoms with E-state index in [9.17, 15) is 0 Å². The maximum atomic E-state index is 5.72. The third-order valence-corrected chi connectivity index (χ3v) is 3.96. The molecule has 1 N–H and O–H groups in total. The summed E-state index contributed by atoms with van der Waals surface area (Å²) in [6.45, 7) is 3.18. The lowest BCUT2D eigenvalue weighted by molar-refractivity contribution is 0.283. The first-order valence-electron chi connectivity index (χ1n) is 7.20. The van der Waals surface area contributed by atoms with Gasteiger partial charge in [-0.25, -0.2) is 0 Å². The SMILES string of the molecule is CCc1nc(COc2ccc(CNC3CC3)cc2Br)no1. The Labute approximate surface area is 132 Å².